The fraction of sp³-hybridized carbons (Fsp3) is 0.727. The van der Waals surface area contributed by atoms with Crippen molar-refractivity contribution >= 4 is 5.91 Å². The fourth-order valence-corrected chi connectivity index (χ4v) is 1.85. The van der Waals surface area contributed by atoms with Gasteiger partial charge in [-0.3, -0.25) is 4.79 Å². The lowest BCUT2D eigenvalue weighted by atomic mass is 10.0. The van der Waals surface area contributed by atoms with Crippen molar-refractivity contribution in [3.05, 3.63) is 11.1 Å². The summed E-state index contributed by atoms with van der Waals surface area (Å²) < 4.78 is 5.33. The average molecular weight is 210 g/mol. The topological polar surface area (TPSA) is 41.6 Å². The highest BCUT2D eigenvalue weighted by Crippen LogP contribution is 2.13. The van der Waals surface area contributed by atoms with Crippen molar-refractivity contribution in [2.75, 3.05) is 39.4 Å². The third kappa shape index (κ3) is 2.38. The van der Waals surface area contributed by atoms with E-state index in [1.54, 1.807) is 0 Å². The van der Waals surface area contributed by atoms with Crippen LogP contribution in [-0.2, 0) is 9.53 Å². The normalized spacial score (nSPS) is 21.9. The van der Waals surface area contributed by atoms with Gasteiger partial charge in [-0.2, -0.15) is 0 Å². The molecule has 84 valence electrons. The second-order valence-corrected chi connectivity index (χ2v) is 4.09. The van der Waals surface area contributed by atoms with E-state index in [4.69, 9.17) is 4.74 Å². The van der Waals surface area contributed by atoms with Gasteiger partial charge in [-0.15, -0.1) is 0 Å². The van der Waals surface area contributed by atoms with Crippen molar-refractivity contribution in [3.63, 3.8) is 0 Å². The largest absolute Gasteiger partial charge is 0.380 e. The number of ether oxygens (including phenoxy) is 1. The first-order valence-electron chi connectivity index (χ1n) is 5.55. The molecule has 0 atom stereocenters. The van der Waals surface area contributed by atoms with Gasteiger partial charge in [-0.05, 0) is 18.9 Å². The maximum Gasteiger partial charge on any atom is 0.249 e. The predicted octanol–water partition coefficient (Wildman–Crippen LogP) is 0.155. The van der Waals surface area contributed by atoms with Gasteiger partial charge in [0.15, 0.2) is 0 Å². The maximum absolute atomic E-state index is 12.1. The number of hydrogen-bond acceptors (Lipinski definition) is 3. The number of carbonyl (C=O) groups is 1. The summed E-state index contributed by atoms with van der Waals surface area (Å²) in [4.78, 5) is 14.0. The number of hydrogen-bond donors (Lipinski definition) is 1. The summed E-state index contributed by atoms with van der Waals surface area (Å²) in [6.07, 6.45) is 0.951. The van der Waals surface area contributed by atoms with Crippen LogP contribution in [0.2, 0.25) is 0 Å². The van der Waals surface area contributed by atoms with Crippen LogP contribution < -0.4 is 5.32 Å². The highest BCUT2D eigenvalue weighted by Gasteiger charge is 2.21. The Morgan fingerprint density at radius 1 is 1.33 bits per heavy atom. The third-order valence-electron chi connectivity index (χ3n) is 3.04. The zero-order chi connectivity index (χ0) is 10.7. The van der Waals surface area contributed by atoms with Gasteiger partial charge in [0.2, 0.25) is 5.91 Å². The molecule has 4 nitrogen and oxygen atoms in total. The summed E-state index contributed by atoms with van der Waals surface area (Å²) in [7, 11) is 0. The Labute approximate surface area is 90.3 Å². The highest BCUT2D eigenvalue weighted by molar-refractivity contribution is 5.94. The quantitative estimate of drug-likeness (QED) is 0.627. The van der Waals surface area contributed by atoms with Crippen LogP contribution in [0.5, 0.6) is 0 Å². The Kier molecular flexibility index (Phi) is 3.38. The van der Waals surface area contributed by atoms with Gasteiger partial charge in [-0.1, -0.05) is 0 Å². The van der Waals surface area contributed by atoms with Crippen LogP contribution in [-0.4, -0.2) is 50.2 Å². The highest BCUT2D eigenvalue weighted by atomic mass is 16.5. The molecule has 0 unspecified atom stereocenters. The molecular formula is C11H18N2O2. The number of amides is 1. The molecule has 2 aliphatic rings. The first-order valence-corrected chi connectivity index (χ1v) is 5.55. The summed E-state index contributed by atoms with van der Waals surface area (Å²) in [5, 5.41) is 3.16. The van der Waals surface area contributed by atoms with Crippen LogP contribution in [0, 0.1) is 0 Å². The van der Waals surface area contributed by atoms with Gasteiger partial charge in [-0.25, -0.2) is 0 Å². The van der Waals surface area contributed by atoms with Crippen LogP contribution in [0.1, 0.15) is 13.3 Å². The second-order valence-electron chi connectivity index (χ2n) is 4.09. The zero-order valence-electron chi connectivity index (χ0n) is 9.21. The van der Waals surface area contributed by atoms with Crippen LogP contribution >= 0.6 is 0 Å². The van der Waals surface area contributed by atoms with E-state index in [0.29, 0.717) is 6.61 Å². The van der Waals surface area contributed by atoms with E-state index >= 15 is 0 Å². The van der Waals surface area contributed by atoms with Crippen LogP contribution in [0.3, 0.4) is 0 Å². The van der Waals surface area contributed by atoms with Gasteiger partial charge in [0.05, 0.1) is 6.61 Å². The molecular weight excluding hydrogens is 192 g/mol. The number of carbonyl (C=O) groups excluding carboxylic acids is 1. The summed E-state index contributed by atoms with van der Waals surface area (Å²) >= 11 is 0. The summed E-state index contributed by atoms with van der Waals surface area (Å²) in [6.45, 7) is 6.70. The SMILES string of the molecule is CC(C(=O)N1CCCOCC1)=C1CNC1. The molecule has 4 heteroatoms. The summed E-state index contributed by atoms with van der Waals surface area (Å²) in [5.41, 5.74) is 2.18. The van der Waals surface area contributed by atoms with Crippen molar-refractivity contribution in [1.82, 2.24) is 10.2 Å². The molecule has 0 bridgehead atoms. The van der Waals surface area contributed by atoms with Gasteiger partial charge in [0.25, 0.3) is 0 Å². The first-order chi connectivity index (χ1) is 7.29. The second kappa shape index (κ2) is 4.77. The van der Waals surface area contributed by atoms with Gasteiger partial charge < -0.3 is 15.0 Å². The monoisotopic (exact) mass is 210 g/mol. The van der Waals surface area contributed by atoms with E-state index in [-0.39, 0.29) is 5.91 Å². The minimum atomic E-state index is 0.192. The zero-order valence-corrected chi connectivity index (χ0v) is 9.21. The number of nitrogens with one attached hydrogen (secondary N) is 1. The molecule has 0 radical (unpaired) electrons. The summed E-state index contributed by atoms with van der Waals surface area (Å²) in [6, 6.07) is 0. The Morgan fingerprint density at radius 2 is 2.13 bits per heavy atom. The molecule has 0 aromatic heterocycles. The van der Waals surface area contributed by atoms with E-state index in [0.717, 1.165) is 44.8 Å². The molecule has 15 heavy (non-hydrogen) atoms. The van der Waals surface area contributed by atoms with E-state index < -0.39 is 0 Å². The Morgan fingerprint density at radius 3 is 2.80 bits per heavy atom. The van der Waals surface area contributed by atoms with Crippen molar-refractivity contribution in [2.45, 2.75) is 13.3 Å². The van der Waals surface area contributed by atoms with E-state index in [1.807, 2.05) is 11.8 Å². The van der Waals surface area contributed by atoms with E-state index in [9.17, 15) is 4.79 Å². The minimum absolute atomic E-state index is 0.192. The molecule has 1 amide bonds. The molecule has 1 N–H and O–H groups in total. The standard InChI is InChI=1S/C11H18N2O2/c1-9(10-7-12-8-10)11(14)13-3-2-5-15-6-4-13/h12H,2-8H2,1H3. The predicted molar refractivity (Wildman–Crippen MR) is 57.6 cm³/mol. The lowest BCUT2D eigenvalue weighted by Crippen LogP contribution is -2.39. The average Bonchev–Trinajstić information content (AvgIpc) is 2.41. The van der Waals surface area contributed by atoms with Crippen molar-refractivity contribution in [2.24, 2.45) is 0 Å². The molecule has 0 spiro atoms. The first kappa shape index (κ1) is 10.6. The van der Waals surface area contributed by atoms with Crippen LogP contribution in [0.25, 0.3) is 0 Å². The van der Waals surface area contributed by atoms with E-state index in [1.165, 1.54) is 5.57 Å². The lowest BCUT2D eigenvalue weighted by Gasteiger charge is -2.25. The molecule has 0 aliphatic carbocycles. The minimum Gasteiger partial charge on any atom is -0.380 e. The van der Waals surface area contributed by atoms with Crippen molar-refractivity contribution in [3.8, 4) is 0 Å². The Balaban J connectivity index is 1.99. The Bertz CT molecular complexity index is 272. The van der Waals surface area contributed by atoms with Crippen molar-refractivity contribution < 1.29 is 9.53 Å². The van der Waals surface area contributed by atoms with Gasteiger partial charge >= 0.3 is 0 Å². The van der Waals surface area contributed by atoms with Crippen molar-refractivity contribution in [1.29, 1.82) is 0 Å². The molecule has 2 saturated heterocycles. The molecule has 0 saturated carbocycles. The Hall–Kier alpha value is -0.870. The lowest BCUT2D eigenvalue weighted by molar-refractivity contribution is -0.127. The molecule has 0 aromatic carbocycles. The maximum atomic E-state index is 12.1. The molecule has 2 rings (SSSR count). The molecule has 2 fully saturated rings. The molecule has 2 aliphatic heterocycles. The molecule has 2 heterocycles. The van der Waals surface area contributed by atoms with E-state index in [2.05, 4.69) is 5.32 Å². The van der Waals surface area contributed by atoms with Crippen LogP contribution in [0.15, 0.2) is 11.1 Å². The number of rotatable bonds is 1. The van der Waals surface area contributed by atoms with Gasteiger partial charge in [0, 0.05) is 38.4 Å². The smallest absolute Gasteiger partial charge is 0.249 e. The number of nitrogens with zero attached hydrogens (tertiary/aromatic N) is 1. The van der Waals surface area contributed by atoms with Crippen LogP contribution in [0.4, 0.5) is 0 Å². The fourth-order valence-electron chi connectivity index (χ4n) is 1.85. The molecule has 0 aromatic rings. The summed E-state index contributed by atoms with van der Waals surface area (Å²) in [5.74, 6) is 0.192. The third-order valence-corrected chi connectivity index (χ3v) is 3.04. The van der Waals surface area contributed by atoms with Gasteiger partial charge in [0.1, 0.15) is 0 Å².